The van der Waals surface area contributed by atoms with E-state index in [-0.39, 0.29) is 5.91 Å². The number of thioether (sulfide) groups is 1. The van der Waals surface area contributed by atoms with Crippen LogP contribution in [0.1, 0.15) is 11.1 Å². The van der Waals surface area contributed by atoms with Crippen LogP contribution >= 0.6 is 51.5 Å². The van der Waals surface area contributed by atoms with E-state index in [2.05, 4.69) is 15.9 Å². The first kappa shape index (κ1) is 23.1. The molecule has 0 N–H and O–H groups in total. The van der Waals surface area contributed by atoms with Crippen LogP contribution in [0.5, 0.6) is 5.75 Å². The Kier molecular flexibility index (Phi) is 6.75. The normalized spacial score (nSPS) is 14.9. The standard InChI is InChI=1S/C27H17BrClNO2S2/c28-20-10-13-24(32-16-17-8-11-21(29)12-9-17)19(14-20)15-25-26(31)30(27(33)34-25)23-7-3-5-18-4-1-2-6-22(18)23/h1-15H,16H2/b25-15-. The first-order valence-electron chi connectivity index (χ1n) is 10.4. The van der Waals surface area contributed by atoms with Crippen molar-refractivity contribution in [1.82, 2.24) is 0 Å². The molecule has 1 amide bonds. The fourth-order valence-electron chi connectivity index (χ4n) is 3.73. The molecule has 1 aliphatic heterocycles. The second-order valence-corrected chi connectivity index (χ2v) is 10.6. The molecule has 1 fully saturated rings. The summed E-state index contributed by atoms with van der Waals surface area (Å²) in [5.41, 5.74) is 2.58. The molecular weight excluding hydrogens is 550 g/mol. The van der Waals surface area contributed by atoms with E-state index in [1.165, 1.54) is 11.8 Å². The second-order valence-electron chi connectivity index (χ2n) is 7.61. The maximum absolute atomic E-state index is 13.5. The third kappa shape index (κ3) is 4.77. The fraction of sp³-hybridized carbons (Fsp3) is 0.0370. The Morgan fingerprint density at radius 1 is 1.00 bits per heavy atom. The van der Waals surface area contributed by atoms with Gasteiger partial charge in [-0.05, 0) is 53.4 Å². The fourth-order valence-corrected chi connectivity index (χ4v) is 5.51. The van der Waals surface area contributed by atoms with Crippen molar-refractivity contribution in [2.24, 2.45) is 0 Å². The first-order valence-corrected chi connectivity index (χ1v) is 12.8. The van der Waals surface area contributed by atoms with Gasteiger partial charge in [0.2, 0.25) is 0 Å². The van der Waals surface area contributed by atoms with Gasteiger partial charge in [0.15, 0.2) is 4.32 Å². The van der Waals surface area contributed by atoms with Gasteiger partial charge in [-0.25, -0.2) is 0 Å². The number of hydrogen-bond donors (Lipinski definition) is 0. The molecule has 5 rings (SSSR count). The van der Waals surface area contributed by atoms with Crippen LogP contribution in [-0.4, -0.2) is 10.2 Å². The van der Waals surface area contributed by atoms with Crippen LogP contribution in [0.4, 0.5) is 5.69 Å². The summed E-state index contributed by atoms with van der Waals surface area (Å²) in [5.74, 6) is 0.531. The third-order valence-corrected chi connectivity index (χ3v) is 7.41. The third-order valence-electron chi connectivity index (χ3n) is 5.37. The Morgan fingerprint density at radius 2 is 1.76 bits per heavy atom. The first-order chi connectivity index (χ1) is 16.5. The lowest BCUT2D eigenvalue weighted by atomic mass is 10.1. The molecule has 168 valence electrons. The van der Waals surface area contributed by atoms with E-state index in [1.807, 2.05) is 91.0 Å². The molecule has 34 heavy (non-hydrogen) atoms. The number of rotatable bonds is 5. The van der Waals surface area contributed by atoms with E-state index in [0.29, 0.717) is 26.6 Å². The summed E-state index contributed by atoms with van der Waals surface area (Å²) in [7, 11) is 0. The Hall–Kier alpha value is -2.64. The number of ether oxygens (including phenoxy) is 1. The van der Waals surface area contributed by atoms with Crippen molar-refractivity contribution in [2.75, 3.05) is 4.90 Å². The number of thiocarbonyl (C=S) groups is 1. The van der Waals surface area contributed by atoms with Crippen LogP contribution < -0.4 is 9.64 Å². The number of nitrogens with zero attached hydrogens (tertiary/aromatic N) is 1. The number of halogens is 2. The quantitative estimate of drug-likeness (QED) is 0.180. The number of hydrogen-bond acceptors (Lipinski definition) is 4. The molecule has 1 heterocycles. The van der Waals surface area contributed by atoms with Gasteiger partial charge in [-0.15, -0.1) is 0 Å². The van der Waals surface area contributed by atoms with Crippen molar-refractivity contribution in [3.8, 4) is 5.75 Å². The smallest absolute Gasteiger partial charge is 0.270 e. The Bertz CT molecular complexity index is 1450. The molecule has 1 saturated heterocycles. The van der Waals surface area contributed by atoms with Crippen LogP contribution in [0.2, 0.25) is 5.02 Å². The Labute approximate surface area is 220 Å². The summed E-state index contributed by atoms with van der Waals surface area (Å²) in [4.78, 5) is 15.6. The van der Waals surface area contributed by atoms with E-state index in [4.69, 9.17) is 28.6 Å². The van der Waals surface area contributed by atoms with Crippen LogP contribution in [0.25, 0.3) is 16.8 Å². The molecule has 0 unspecified atom stereocenters. The van der Waals surface area contributed by atoms with Gasteiger partial charge in [0.1, 0.15) is 12.4 Å². The molecule has 0 spiro atoms. The zero-order valence-electron chi connectivity index (χ0n) is 17.7. The number of carbonyl (C=O) groups is 1. The van der Waals surface area contributed by atoms with Crippen molar-refractivity contribution in [1.29, 1.82) is 0 Å². The SMILES string of the molecule is O=C1/C(=C/c2cc(Br)ccc2OCc2ccc(Cl)cc2)SC(=S)N1c1cccc2ccccc12. The lowest BCUT2D eigenvalue weighted by Gasteiger charge is -2.17. The molecular formula is C27H17BrClNO2S2. The highest BCUT2D eigenvalue weighted by Crippen LogP contribution is 2.40. The molecule has 0 bridgehead atoms. The summed E-state index contributed by atoms with van der Waals surface area (Å²) >= 11 is 16.4. The average molecular weight is 567 g/mol. The van der Waals surface area contributed by atoms with Crippen LogP contribution in [0, 0.1) is 0 Å². The van der Waals surface area contributed by atoms with Crippen molar-refractivity contribution in [2.45, 2.75) is 6.61 Å². The van der Waals surface area contributed by atoms with Crippen LogP contribution in [-0.2, 0) is 11.4 Å². The van der Waals surface area contributed by atoms with Crippen molar-refractivity contribution < 1.29 is 9.53 Å². The maximum Gasteiger partial charge on any atom is 0.270 e. The molecule has 0 saturated carbocycles. The highest BCUT2D eigenvalue weighted by atomic mass is 79.9. The zero-order valence-corrected chi connectivity index (χ0v) is 21.7. The Morgan fingerprint density at radius 3 is 2.59 bits per heavy atom. The zero-order chi connectivity index (χ0) is 23.7. The lowest BCUT2D eigenvalue weighted by molar-refractivity contribution is -0.113. The summed E-state index contributed by atoms with van der Waals surface area (Å²) in [6.45, 7) is 0.386. The minimum absolute atomic E-state index is 0.144. The molecule has 4 aromatic carbocycles. The highest BCUT2D eigenvalue weighted by molar-refractivity contribution is 9.10. The van der Waals surface area contributed by atoms with Gasteiger partial charge in [-0.1, -0.05) is 100 Å². The molecule has 1 aliphatic rings. The van der Waals surface area contributed by atoms with Gasteiger partial charge in [-0.3, -0.25) is 9.69 Å². The van der Waals surface area contributed by atoms with Crippen molar-refractivity contribution in [3.05, 3.63) is 110 Å². The van der Waals surface area contributed by atoms with Crippen LogP contribution in [0.3, 0.4) is 0 Å². The monoisotopic (exact) mass is 565 g/mol. The van der Waals surface area contributed by atoms with E-state index in [1.54, 1.807) is 4.90 Å². The number of amides is 1. The summed E-state index contributed by atoms with van der Waals surface area (Å²) in [6, 6.07) is 27.1. The minimum Gasteiger partial charge on any atom is -0.488 e. The molecule has 7 heteroatoms. The number of anilines is 1. The van der Waals surface area contributed by atoms with Gasteiger partial charge in [0, 0.05) is 20.4 Å². The van der Waals surface area contributed by atoms with Crippen molar-refractivity contribution in [3.63, 3.8) is 0 Å². The maximum atomic E-state index is 13.5. The number of fused-ring (bicyclic) bond motifs is 1. The van der Waals surface area contributed by atoms with Gasteiger partial charge >= 0.3 is 0 Å². The molecule has 0 radical (unpaired) electrons. The van der Waals surface area contributed by atoms with Gasteiger partial charge in [0.25, 0.3) is 5.91 Å². The summed E-state index contributed by atoms with van der Waals surface area (Å²) in [6.07, 6.45) is 1.84. The number of benzene rings is 4. The van der Waals surface area contributed by atoms with Crippen LogP contribution in [0.15, 0.2) is 94.3 Å². The van der Waals surface area contributed by atoms with E-state index >= 15 is 0 Å². The molecule has 0 aromatic heterocycles. The summed E-state index contributed by atoms with van der Waals surface area (Å²) < 4.78 is 7.48. The molecule has 0 atom stereocenters. The van der Waals surface area contributed by atoms with Gasteiger partial charge in [-0.2, -0.15) is 0 Å². The minimum atomic E-state index is -0.144. The van der Waals surface area contributed by atoms with E-state index < -0.39 is 0 Å². The van der Waals surface area contributed by atoms with Gasteiger partial charge in [0.05, 0.1) is 10.6 Å². The van der Waals surface area contributed by atoms with E-state index in [0.717, 1.165) is 32.1 Å². The second kappa shape index (κ2) is 9.92. The number of carbonyl (C=O) groups excluding carboxylic acids is 1. The summed E-state index contributed by atoms with van der Waals surface area (Å²) in [5, 5.41) is 2.72. The molecule has 3 nitrogen and oxygen atoms in total. The largest absolute Gasteiger partial charge is 0.488 e. The van der Waals surface area contributed by atoms with Gasteiger partial charge < -0.3 is 4.74 Å². The molecule has 0 aliphatic carbocycles. The highest BCUT2D eigenvalue weighted by Gasteiger charge is 2.34. The topological polar surface area (TPSA) is 29.5 Å². The molecule has 4 aromatic rings. The van der Waals surface area contributed by atoms with E-state index in [9.17, 15) is 4.79 Å². The predicted molar refractivity (Wildman–Crippen MR) is 150 cm³/mol. The lowest BCUT2D eigenvalue weighted by Crippen LogP contribution is -2.27. The average Bonchev–Trinajstić information content (AvgIpc) is 3.11. The van der Waals surface area contributed by atoms with Crippen molar-refractivity contribution >= 4 is 84.3 Å². The Balaban J connectivity index is 1.45. The predicted octanol–water partition coefficient (Wildman–Crippen LogP) is 8.24.